The summed E-state index contributed by atoms with van der Waals surface area (Å²) in [6, 6.07) is 10.7. The molecule has 7 rings (SSSR count). The quantitative estimate of drug-likeness (QED) is 0.288. The maximum absolute atomic E-state index is 14.6. The molecule has 42 heavy (non-hydrogen) atoms. The van der Waals surface area contributed by atoms with Gasteiger partial charge in [0.25, 0.3) is 0 Å². The van der Waals surface area contributed by atoms with Crippen LogP contribution in [0.15, 0.2) is 49.1 Å². The zero-order valence-electron chi connectivity index (χ0n) is 24.9. The van der Waals surface area contributed by atoms with Gasteiger partial charge in [0.05, 0.1) is 34.8 Å². The van der Waals surface area contributed by atoms with Crippen LogP contribution in [0.3, 0.4) is 0 Å². The number of imidazole rings is 1. The third-order valence-electron chi connectivity index (χ3n) is 9.54. The molecule has 1 saturated carbocycles. The van der Waals surface area contributed by atoms with Crippen molar-refractivity contribution in [2.45, 2.75) is 77.4 Å². The zero-order chi connectivity index (χ0) is 29.3. The van der Waals surface area contributed by atoms with E-state index in [1.54, 1.807) is 18.6 Å². The number of pyridine rings is 2. The van der Waals surface area contributed by atoms with Crippen LogP contribution in [0, 0.1) is 11.7 Å². The highest BCUT2D eigenvalue weighted by Crippen LogP contribution is 2.48. The summed E-state index contributed by atoms with van der Waals surface area (Å²) in [5.41, 5.74) is 4.93. The Kier molecular flexibility index (Phi) is 6.34. The van der Waals surface area contributed by atoms with E-state index in [1.807, 2.05) is 30.5 Å². The van der Waals surface area contributed by atoms with E-state index in [4.69, 9.17) is 4.98 Å². The lowest BCUT2D eigenvalue weighted by Crippen LogP contribution is -2.55. The molecular weight excluding hydrogens is 529 g/mol. The summed E-state index contributed by atoms with van der Waals surface area (Å²) in [4.78, 5) is 32.1. The highest BCUT2D eigenvalue weighted by molar-refractivity contribution is 6.08. The first-order chi connectivity index (χ1) is 20.1. The van der Waals surface area contributed by atoms with Crippen LogP contribution in [-0.2, 0) is 10.2 Å². The number of carbonyl (C=O) groups is 1. The van der Waals surface area contributed by atoms with Crippen molar-refractivity contribution in [3.63, 3.8) is 0 Å². The van der Waals surface area contributed by atoms with Crippen LogP contribution in [0.4, 0.5) is 21.6 Å². The van der Waals surface area contributed by atoms with Gasteiger partial charge in [0, 0.05) is 42.1 Å². The number of likely N-dealkylation sites (tertiary alicyclic amines) is 1. The van der Waals surface area contributed by atoms with Gasteiger partial charge in [0.15, 0.2) is 11.6 Å². The predicted octanol–water partition coefficient (Wildman–Crippen LogP) is 6.45. The van der Waals surface area contributed by atoms with Gasteiger partial charge in [-0.25, -0.2) is 14.4 Å². The van der Waals surface area contributed by atoms with Gasteiger partial charge in [-0.15, -0.1) is 0 Å². The van der Waals surface area contributed by atoms with Crippen molar-refractivity contribution in [2.24, 2.45) is 5.92 Å². The van der Waals surface area contributed by atoms with Gasteiger partial charge in [0.1, 0.15) is 5.52 Å². The average molecular weight is 568 g/mol. The molecule has 0 radical (unpaired) electrons. The SMILES string of the molecule is CC(C)n1cnc2cc(-c3ccc4c(c3)N(C3CC(N5CC[C@H](C)C5)C3)C(=O)C4(C)C)nc(Nc3ccncc3F)c21. The van der Waals surface area contributed by atoms with Crippen LogP contribution in [0.2, 0.25) is 0 Å². The lowest BCUT2D eigenvalue weighted by atomic mass is 9.83. The number of benzene rings is 1. The third-order valence-corrected chi connectivity index (χ3v) is 9.54. The van der Waals surface area contributed by atoms with E-state index in [2.05, 4.69) is 58.0 Å². The number of aromatic nitrogens is 4. The molecule has 1 atom stereocenters. The summed E-state index contributed by atoms with van der Waals surface area (Å²) in [5.74, 6) is 0.993. The number of rotatable bonds is 6. The molecule has 4 aromatic rings. The molecule has 3 aromatic heterocycles. The summed E-state index contributed by atoms with van der Waals surface area (Å²) in [5, 5.41) is 3.20. The minimum absolute atomic E-state index is 0.141. The van der Waals surface area contributed by atoms with Crippen molar-refractivity contribution in [2.75, 3.05) is 23.3 Å². The second kappa shape index (κ2) is 9.87. The highest BCUT2D eigenvalue weighted by Gasteiger charge is 2.50. The second-order valence-corrected chi connectivity index (χ2v) is 13.1. The fourth-order valence-corrected chi connectivity index (χ4v) is 6.97. The van der Waals surface area contributed by atoms with Crippen molar-refractivity contribution in [1.82, 2.24) is 24.4 Å². The Morgan fingerprint density at radius 1 is 1.12 bits per heavy atom. The number of nitrogens with zero attached hydrogens (tertiary/aromatic N) is 6. The first-order valence-electron chi connectivity index (χ1n) is 15.1. The molecule has 2 fully saturated rings. The van der Waals surface area contributed by atoms with E-state index in [9.17, 15) is 9.18 Å². The Morgan fingerprint density at radius 2 is 1.93 bits per heavy atom. The van der Waals surface area contributed by atoms with Gasteiger partial charge < -0.3 is 14.8 Å². The van der Waals surface area contributed by atoms with E-state index in [0.717, 1.165) is 53.2 Å². The smallest absolute Gasteiger partial charge is 0.237 e. The number of halogens is 1. The monoisotopic (exact) mass is 567 g/mol. The number of anilines is 3. The predicted molar refractivity (Wildman–Crippen MR) is 164 cm³/mol. The van der Waals surface area contributed by atoms with Gasteiger partial charge >= 0.3 is 0 Å². The Labute approximate surface area is 246 Å². The number of fused-ring (bicyclic) bond motifs is 2. The van der Waals surface area contributed by atoms with Gasteiger partial charge in [0.2, 0.25) is 5.91 Å². The van der Waals surface area contributed by atoms with E-state index < -0.39 is 11.2 Å². The van der Waals surface area contributed by atoms with Crippen LogP contribution in [0.5, 0.6) is 0 Å². The fourth-order valence-electron chi connectivity index (χ4n) is 6.97. The van der Waals surface area contributed by atoms with Crippen LogP contribution < -0.4 is 10.2 Å². The van der Waals surface area contributed by atoms with E-state index in [1.165, 1.54) is 19.2 Å². The molecule has 5 heterocycles. The second-order valence-electron chi connectivity index (χ2n) is 13.1. The Morgan fingerprint density at radius 3 is 2.64 bits per heavy atom. The first kappa shape index (κ1) is 27.0. The minimum atomic E-state index is -0.583. The van der Waals surface area contributed by atoms with Crippen molar-refractivity contribution in [3.05, 3.63) is 60.4 Å². The van der Waals surface area contributed by atoms with E-state index in [-0.39, 0.29) is 18.0 Å². The number of nitrogens with one attached hydrogen (secondary N) is 1. The molecule has 1 aromatic carbocycles. The maximum atomic E-state index is 14.6. The molecule has 1 N–H and O–H groups in total. The molecule has 0 unspecified atom stereocenters. The standard InChI is InChI=1S/C33H38FN7O/c1-19(2)40-18-36-28-15-27(38-31(30(28)40)37-26-8-10-35-16-25(26)34)21-6-7-24-29(12-21)41(32(42)33(24,4)5)23-13-22(14-23)39-11-9-20(3)17-39/h6-8,10,12,15-16,18-20,22-23H,9,11,13-14,17H2,1-5H3,(H,35,37,38)/t20-,22?,23?/m0/s1. The Bertz CT molecular complexity index is 1690. The summed E-state index contributed by atoms with van der Waals surface area (Å²) in [6.07, 6.45) is 7.83. The van der Waals surface area contributed by atoms with Crippen LogP contribution >= 0.6 is 0 Å². The fraction of sp³-hybridized carbons (Fsp3) is 0.455. The van der Waals surface area contributed by atoms with Crippen LogP contribution in [0.1, 0.15) is 65.5 Å². The number of hydrogen-bond acceptors (Lipinski definition) is 6. The van der Waals surface area contributed by atoms with Crippen molar-refractivity contribution in [1.29, 1.82) is 0 Å². The average Bonchev–Trinajstić information content (AvgIpc) is 3.61. The van der Waals surface area contributed by atoms with Gasteiger partial charge in [-0.3, -0.25) is 14.7 Å². The molecule has 1 aliphatic carbocycles. The Balaban J connectivity index is 1.27. The number of hydrogen-bond donors (Lipinski definition) is 1. The molecule has 1 saturated heterocycles. The van der Waals surface area contributed by atoms with E-state index in [0.29, 0.717) is 23.2 Å². The lowest BCUT2D eigenvalue weighted by Gasteiger charge is -2.46. The molecule has 0 spiro atoms. The molecule has 8 nitrogen and oxygen atoms in total. The molecule has 2 aliphatic heterocycles. The van der Waals surface area contributed by atoms with Crippen molar-refractivity contribution < 1.29 is 9.18 Å². The van der Waals surface area contributed by atoms with Gasteiger partial charge in [-0.2, -0.15) is 0 Å². The lowest BCUT2D eigenvalue weighted by molar-refractivity contribution is -0.123. The maximum Gasteiger partial charge on any atom is 0.237 e. The Hall–Kier alpha value is -3.85. The van der Waals surface area contributed by atoms with Crippen molar-refractivity contribution >= 4 is 34.1 Å². The third kappa shape index (κ3) is 4.28. The van der Waals surface area contributed by atoms with Gasteiger partial charge in [-0.05, 0) is 83.2 Å². The summed E-state index contributed by atoms with van der Waals surface area (Å²) in [7, 11) is 0. The molecule has 1 amide bonds. The largest absolute Gasteiger partial charge is 0.336 e. The summed E-state index contributed by atoms with van der Waals surface area (Å²) >= 11 is 0. The van der Waals surface area contributed by atoms with Crippen LogP contribution in [-0.4, -0.2) is 55.5 Å². The van der Waals surface area contributed by atoms with Gasteiger partial charge in [-0.1, -0.05) is 19.1 Å². The van der Waals surface area contributed by atoms with E-state index >= 15 is 0 Å². The molecular formula is C33H38FN7O. The minimum Gasteiger partial charge on any atom is -0.336 e. The molecule has 3 aliphatic rings. The normalized spacial score (nSPS) is 23.5. The number of carbonyl (C=O) groups excluding carboxylic acids is 1. The topological polar surface area (TPSA) is 79.2 Å². The van der Waals surface area contributed by atoms with Crippen LogP contribution in [0.25, 0.3) is 22.3 Å². The summed E-state index contributed by atoms with van der Waals surface area (Å²) < 4.78 is 16.7. The molecule has 9 heteroatoms. The highest BCUT2D eigenvalue weighted by atomic mass is 19.1. The molecule has 0 bridgehead atoms. The molecule has 218 valence electrons. The number of amides is 1. The summed E-state index contributed by atoms with van der Waals surface area (Å²) in [6.45, 7) is 12.9. The van der Waals surface area contributed by atoms with Crippen molar-refractivity contribution in [3.8, 4) is 11.3 Å². The zero-order valence-corrected chi connectivity index (χ0v) is 24.9. The first-order valence-corrected chi connectivity index (χ1v) is 15.1.